The van der Waals surface area contributed by atoms with E-state index in [4.69, 9.17) is 0 Å². The predicted octanol–water partition coefficient (Wildman–Crippen LogP) is 2.55. The first-order chi connectivity index (χ1) is 13.9. The largest absolute Gasteiger partial charge is 0.340 e. The minimum Gasteiger partial charge on any atom is -0.340 e. The van der Waals surface area contributed by atoms with E-state index in [1.165, 1.54) is 6.33 Å². The van der Waals surface area contributed by atoms with Crippen LogP contribution in [0.2, 0.25) is 0 Å². The molecule has 3 aromatic heterocycles. The molecule has 10 nitrogen and oxygen atoms in total. The second-order valence-corrected chi connectivity index (χ2v) is 7.90. The number of sulfonamides is 1. The Kier molecular flexibility index (Phi) is 4.72. The molecule has 3 heterocycles. The van der Waals surface area contributed by atoms with Crippen molar-refractivity contribution in [1.29, 1.82) is 0 Å². The van der Waals surface area contributed by atoms with Gasteiger partial charge in [0.1, 0.15) is 17.0 Å². The lowest BCUT2D eigenvalue weighted by atomic mass is 10.3. The van der Waals surface area contributed by atoms with Gasteiger partial charge in [-0.25, -0.2) is 23.1 Å². The number of anilines is 3. The second-order valence-electron chi connectivity index (χ2n) is 6.28. The lowest BCUT2D eigenvalue weighted by Gasteiger charge is -2.10. The first kappa shape index (κ1) is 18.6. The van der Waals surface area contributed by atoms with Crippen LogP contribution in [0.5, 0.6) is 0 Å². The van der Waals surface area contributed by atoms with Gasteiger partial charge in [-0.2, -0.15) is 10.2 Å². The highest BCUT2D eigenvalue weighted by Gasteiger charge is 2.22. The zero-order valence-electron chi connectivity index (χ0n) is 15.7. The molecule has 1 aromatic carbocycles. The number of aromatic nitrogens is 6. The summed E-state index contributed by atoms with van der Waals surface area (Å²) in [6.07, 6.45) is 4.90. The molecule has 0 saturated heterocycles. The van der Waals surface area contributed by atoms with Gasteiger partial charge in [0.2, 0.25) is 0 Å². The topological polar surface area (TPSA) is 130 Å². The number of nitrogens with zero attached hydrogens (tertiary/aromatic N) is 5. The standard InChI is InChI=1S/C18H18N8O2S/c1-12-18(13(2)24-23-12)29(27,28)25-15-6-4-14(5-7-15)22-16-10-17(20-11-19-16)26-9-3-8-21-26/h3-11,25H,1-2H3,(H,23,24)(H,19,20,22). The number of hydrogen-bond donors (Lipinski definition) is 3. The smallest absolute Gasteiger partial charge is 0.265 e. The van der Waals surface area contributed by atoms with Gasteiger partial charge in [0.05, 0.1) is 11.4 Å². The Hall–Kier alpha value is -3.73. The molecule has 4 rings (SSSR count). The van der Waals surface area contributed by atoms with Crippen LogP contribution in [-0.2, 0) is 10.0 Å². The Morgan fingerprint density at radius 2 is 1.83 bits per heavy atom. The van der Waals surface area contributed by atoms with Gasteiger partial charge in [0, 0.05) is 29.8 Å². The van der Waals surface area contributed by atoms with E-state index in [0.717, 1.165) is 5.69 Å². The maximum absolute atomic E-state index is 12.6. The molecular formula is C18H18N8O2S. The highest BCUT2D eigenvalue weighted by Crippen LogP contribution is 2.23. The lowest BCUT2D eigenvalue weighted by Crippen LogP contribution is -2.14. The van der Waals surface area contributed by atoms with Gasteiger partial charge < -0.3 is 5.32 Å². The monoisotopic (exact) mass is 410 g/mol. The molecule has 0 bridgehead atoms. The van der Waals surface area contributed by atoms with Crippen molar-refractivity contribution in [3.8, 4) is 5.82 Å². The molecule has 0 aliphatic carbocycles. The summed E-state index contributed by atoms with van der Waals surface area (Å²) >= 11 is 0. The summed E-state index contributed by atoms with van der Waals surface area (Å²) in [4.78, 5) is 8.53. The van der Waals surface area contributed by atoms with Gasteiger partial charge in [-0.3, -0.25) is 9.82 Å². The Balaban J connectivity index is 1.50. The van der Waals surface area contributed by atoms with Crippen LogP contribution < -0.4 is 10.0 Å². The SMILES string of the molecule is Cc1n[nH]c(C)c1S(=O)(=O)Nc1ccc(Nc2cc(-n3cccn3)ncn2)cc1. The van der Waals surface area contributed by atoms with Crippen molar-refractivity contribution in [3.63, 3.8) is 0 Å². The van der Waals surface area contributed by atoms with E-state index in [1.807, 2.05) is 6.07 Å². The van der Waals surface area contributed by atoms with E-state index < -0.39 is 10.0 Å². The van der Waals surface area contributed by atoms with Crippen molar-refractivity contribution in [2.45, 2.75) is 18.7 Å². The Bertz CT molecular complexity index is 1210. The third-order valence-corrected chi connectivity index (χ3v) is 5.77. The first-order valence-corrected chi connectivity index (χ1v) is 10.1. The molecule has 0 aliphatic heterocycles. The van der Waals surface area contributed by atoms with E-state index in [0.29, 0.717) is 28.7 Å². The summed E-state index contributed by atoms with van der Waals surface area (Å²) in [6, 6.07) is 10.4. The van der Waals surface area contributed by atoms with Crippen molar-refractivity contribution < 1.29 is 8.42 Å². The number of aromatic amines is 1. The van der Waals surface area contributed by atoms with Gasteiger partial charge in [-0.1, -0.05) is 0 Å². The van der Waals surface area contributed by atoms with Gasteiger partial charge in [-0.15, -0.1) is 0 Å². The molecule has 0 fully saturated rings. The van der Waals surface area contributed by atoms with Gasteiger partial charge in [-0.05, 0) is 44.2 Å². The lowest BCUT2D eigenvalue weighted by molar-refractivity contribution is 0.600. The van der Waals surface area contributed by atoms with Gasteiger partial charge >= 0.3 is 0 Å². The van der Waals surface area contributed by atoms with Crippen LogP contribution in [0, 0.1) is 13.8 Å². The zero-order chi connectivity index (χ0) is 20.4. The fraction of sp³-hybridized carbons (Fsp3) is 0.111. The maximum atomic E-state index is 12.6. The predicted molar refractivity (Wildman–Crippen MR) is 108 cm³/mol. The molecule has 11 heteroatoms. The van der Waals surface area contributed by atoms with Gasteiger partial charge in [0.25, 0.3) is 10.0 Å². The van der Waals surface area contributed by atoms with Crippen molar-refractivity contribution in [2.24, 2.45) is 0 Å². The molecule has 4 aromatic rings. The fourth-order valence-electron chi connectivity index (χ4n) is 2.86. The number of aryl methyl sites for hydroxylation is 2. The minimum atomic E-state index is -3.73. The average Bonchev–Trinajstić information content (AvgIpc) is 3.34. The van der Waals surface area contributed by atoms with Crippen molar-refractivity contribution >= 4 is 27.2 Å². The van der Waals surface area contributed by atoms with Crippen LogP contribution in [0.3, 0.4) is 0 Å². The molecule has 0 saturated carbocycles. The highest BCUT2D eigenvalue weighted by atomic mass is 32.2. The van der Waals surface area contributed by atoms with Crippen LogP contribution >= 0.6 is 0 Å². The fourth-order valence-corrected chi connectivity index (χ4v) is 4.29. The second kappa shape index (κ2) is 7.36. The third-order valence-electron chi connectivity index (χ3n) is 4.13. The van der Waals surface area contributed by atoms with Crippen molar-refractivity contribution in [2.75, 3.05) is 10.0 Å². The maximum Gasteiger partial charge on any atom is 0.265 e. The number of rotatable bonds is 6. The Labute approximate surface area is 167 Å². The van der Waals surface area contributed by atoms with E-state index in [2.05, 4.69) is 35.3 Å². The summed E-state index contributed by atoms with van der Waals surface area (Å²) in [6.45, 7) is 3.31. The highest BCUT2D eigenvalue weighted by molar-refractivity contribution is 7.92. The van der Waals surface area contributed by atoms with Crippen molar-refractivity contribution in [3.05, 3.63) is 66.5 Å². The molecule has 0 radical (unpaired) electrons. The van der Waals surface area contributed by atoms with E-state index in [1.54, 1.807) is 61.3 Å². The van der Waals surface area contributed by atoms with Crippen LogP contribution in [0.4, 0.5) is 17.2 Å². The average molecular weight is 410 g/mol. The number of nitrogens with one attached hydrogen (secondary N) is 3. The Morgan fingerprint density at radius 1 is 1.07 bits per heavy atom. The molecule has 0 aliphatic rings. The number of H-pyrrole nitrogens is 1. The molecular weight excluding hydrogens is 392 g/mol. The molecule has 0 amide bonds. The quantitative estimate of drug-likeness (QED) is 0.445. The van der Waals surface area contributed by atoms with Crippen LogP contribution in [0.15, 0.2) is 60.0 Å². The minimum absolute atomic E-state index is 0.159. The van der Waals surface area contributed by atoms with Crippen LogP contribution in [-0.4, -0.2) is 38.4 Å². The number of benzene rings is 1. The third kappa shape index (κ3) is 3.94. The molecule has 0 atom stereocenters. The summed E-state index contributed by atoms with van der Waals surface area (Å²) in [5, 5.41) is 13.9. The summed E-state index contributed by atoms with van der Waals surface area (Å²) in [7, 11) is -3.73. The van der Waals surface area contributed by atoms with Crippen LogP contribution in [0.25, 0.3) is 5.82 Å². The Morgan fingerprint density at radius 3 is 2.48 bits per heavy atom. The normalized spacial score (nSPS) is 11.4. The molecule has 0 spiro atoms. The van der Waals surface area contributed by atoms with Crippen molar-refractivity contribution in [1.82, 2.24) is 29.9 Å². The zero-order valence-corrected chi connectivity index (χ0v) is 16.5. The van der Waals surface area contributed by atoms with E-state index in [9.17, 15) is 8.42 Å². The first-order valence-electron chi connectivity index (χ1n) is 8.66. The number of hydrogen-bond acceptors (Lipinski definition) is 7. The molecule has 3 N–H and O–H groups in total. The van der Waals surface area contributed by atoms with Crippen LogP contribution in [0.1, 0.15) is 11.4 Å². The summed E-state index contributed by atoms with van der Waals surface area (Å²) in [5.74, 6) is 1.21. The van der Waals surface area contributed by atoms with E-state index >= 15 is 0 Å². The molecule has 29 heavy (non-hydrogen) atoms. The summed E-state index contributed by atoms with van der Waals surface area (Å²) < 4.78 is 29.4. The molecule has 0 unspecified atom stereocenters. The van der Waals surface area contributed by atoms with E-state index in [-0.39, 0.29) is 4.90 Å². The summed E-state index contributed by atoms with van der Waals surface area (Å²) in [5.41, 5.74) is 2.10. The van der Waals surface area contributed by atoms with Gasteiger partial charge in [0.15, 0.2) is 5.82 Å². The molecule has 148 valence electrons.